The first-order chi connectivity index (χ1) is 10.3. The van der Waals surface area contributed by atoms with Gasteiger partial charge in [0, 0.05) is 29.6 Å². The quantitative estimate of drug-likeness (QED) is 0.688. The highest BCUT2D eigenvalue weighted by atomic mass is 16.3. The molecule has 3 heteroatoms. The molecule has 104 valence electrons. The van der Waals surface area contributed by atoms with Crippen molar-refractivity contribution in [2.24, 2.45) is 0 Å². The minimum absolute atomic E-state index is 0.148. The number of aliphatic hydroxyl groups excluding tert-OH is 1. The molecule has 21 heavy (non-hydrogen) atoms. The van der Waals surface area contributed by atoms with Crippen molar-refractivity contribution >= 4 is 16.6 Å². The molecule has 1 unspecified atom stereocenters. The number of hydrogen-bond acceptors (Lipinski definition) is 1. The fourth-order valence-electron chi connectivity index (χ4n) is 2.78. The van der Waals surface area contributed by atoms with Gasteiger partial charge in [-0.3, -0.25) is 0 Å². The summed E-state index contributed by atoms with van der Waals surface area (Å²) >= 11 is 0. The van der Waals surface area contributed by atoms with E-state index in [1.165, 1.54) is 5.56 Å². The molecule has 0 radical (unpaired) electrons. The van der Waals surface area contributed by atoms with Gasteiger partial charge in [-0.1, -0.05) is 42.5 Å². The number of benzene rings is 2. The fraction of sp³-hybridized carbons (Fsp3) is 0.167. The van der Waals surface area contributed by atoms with Crippen LogP contribution in [0.15, 0.2) is 54.7 Å². The van der Waals surface area contributed by atoms with E-state index >= 15 is 0 Å². The Morgan fingerprint density at radius 2 is 1.90 bits per heavy atom. The van der Waals surface area contributed by atoms with Gasteiger partial charge in [-0.2, -0.15) is 0 Å². The Bertz CT molecular complexity index is 784. The van der Waals surface area contributed by atoms with Crippen LogP contribution in [0.5, 0.6) is 0 Å². The van der Waals surface area contributed by atoms with E-state index in [-0.39, 0.29) is 12.5 Å². The number of aromatic nitrogens is 1. The van der Waals surface area contributed by atoms with E-state index in [4.69, 9.17) is 6.57 Å². The highest BCUT2D eigenvalue weighted by molar-refractivity contribution is 5.93. The molecule has 0 saturated carbocycles. The molecule has 3 aromatic rings. The molecule has 1 heterocycles. The second-order valence-corrected chi connectivity index (χ2v) is 5.07. The van der Waals surface area contributed by atoms with Crippen molar-refractivity contribution in [2.75, 3.05) is 6.61 Å². The maximum atomic E-state index is 9.37. The van der Waals surface area contributed by atoms with Crippen molar-refractivity contribution in [2.45, 2.75) is 12.3 Å². The number of hydrogen-bond donors (Lipinski definition) is 2. The molecule has 3 nitrogen and oxygen atoms in total. The third kappa shape index (κ3) is 2.54. The Morgan fingerprint density at radius 1 is 1.10 bits per heavy atom. The lowest BCUT2D eigenvalue weighted by Crippen LogP contribution is -2.03. The number of aromatic amines is 1. The third-order valence-corrected chi connectivity index (χ3v) is 3.83. The molecule has 0 bridgehead atoms. The van der Waals surface area contributed by atoms with Crippen molar-refractivity contribution in [3.8, 4) is 0 Å². The Morgan fingerprint density at radius 3 is 2.62 bits per heavy atom. The Hall–Kier alpha value is -2.57. The maximum absolute atomic E-state index is 9.37. The van der Waals surface area contributed by atoms with Crippen LogP contribution in [0, 0.1) is 6.57 Å². The van der Waals surface area contributed by atoms with Crippen LogP contribution < -0.4 is 0 Å². The van der Waals surface area contributed by atoms with E-state index in [9.17, 15) is 5.11 Å². The van der Waals surface area contributed by atoms with Crippen LogP contribution in [0.3, 0.4) is 0 Å². The van der Waals surface area contributed by atoms with Gasteiger partial charge in [-0.15, -0.1) is 0 Å². The number of aliphatic hydroxyl groups is 1. The first kappa shape index (κ1) is 13.4. The van der Waals surface area contributed by atoms with Gasteiger partial charge in [-0.25, -0.2) is 4.85 Å². The summed E-state index contributed by atoms with van der Waals surface area (Å²) in [6, 6.07) is 16.3. The highest BCUT2D eigenvalue weighted by Crippen LogP contribution is 2.32. The average molecular weight is 276 g/mol. The zero-order valence-corrected chi connectivity index (χ0v) is 11.6. The predicted octanol–water partition coefficient (Wildman–Crippen LogP) is 4.23. The fourth-order valence-corrected chi connectivity index (χ4v) is 2.78. The van der Waals surface area contributed by atoms with Crippen molar-refractivity contribution < 1.29 is 5.11 Å². The maximum Gasteiger partial charge on any atom is 0.211 e. The molecule has 0 fully saturated rings. The van der Waals surface area contributed by atoms with E-state index in [1.54, 1.807) is 6.20 Å². The SMILES string of the molecule is [C-]#[N+]c1c[nH]c2cc(C(CCO)c3ccccc3)ccc12. The number of nitrogens with zero attached hydrogens (tertiary/aromatic N) is 1. The largest absolute Gasteiger partial charge is 0.396 e. The summed E-state index contributed by atoms with van der Waals surface area (Å²) in [5, 5.41) is 10.3. The van der Waals surface area contributed by atoms with Gasteiger partial charge < -0.3 is 10.1 Å². The van der Waals surface area contributed by atoms with Gasteiger partial charge in [0.25, 0.3) is 0 Å². The number of fused-ring (bicyclic) bond motifs is 1. The molecule has 1 atom stereocenters. The molecule has 0 aliphatic carbocycles. The second kappa shape index (κ2) is 5.82. The van der Waals surface area contributed by atoms with Crippen LogP contribution in [-0.4, -0.2) is 16.7 Å². The van der Waals surface area contributed by atoms with E-state index in [2.05, 4.69) is 34.1 Å². The third-order valence-electron chi connectivity index (χ3n) is 3.83. The van der Waals surface area contributed by atoms with Crippen LogP contribution in [0.25, 0.3) is 15.7 Å². The summed E-state index contributed by atoms with van der Waals surface area (Å²) in [7, 11) is 0. The van der Waals surface area contributed by atoms with Gasteiger partial charge in [0.15, 0.2) is 0 Å². The zero-order valence-electron chi connectivity index (χ0n) is 11.6. The van der Waals surface area contributed by atoms with Crippen molar-refractivity contribution in [1.29, 1.82) is 0 Å². The van der Waals surface area contributed by atoms with E-state index in [1.807, 2.05) is 24.3 Å². The summed E-state index contributed by atoms with van der Waals surface area (Å²) in [5.74, 6) is 0.167. The molecule has 0 aliphatic heterocycles. The van der Waals surface area contributed by atoms with E-state index < -0.39 is 0 Å². The first-order valence-electron chi connectivity index (χ1n) is 6.98. The molecule has 0 aliphatic rings. The van der Waals surface area contributed by atoms with Gasteiger partial charge in [0.1, 0.15) is 0 Å². The van der Waals surface area contributed by atoms with Gasteiger partial charge in [0.2, 0.25) is 5.69 Å². The summed E-state index contributed by atoms with van der Waals surface area (Å²) in [5.41, 5.74) is 3.97. The van der Waals surface area contributed by atoms with Crippen LogP contribution >= 0.6 is 0 Å². The van der Waals surface area contributed by atoms with Crippen molar-refractivity contribution in [3.63, 3.8) is 0 Å². The standard InChI is InChI=1S/C18H16N2O/c1-19-18-12-20-17-11-14(7-8-16(17)18)15(9-10-21)13-5-3-2-4-6-13/h2-8,11-12,15,20-21H,9-10H2. The average Bonchev–Trinajstić information content (AvgIpc) is 2.95. The molecule has 0 spiro atoms. The molecular formula is C18H16N2O. The van der Waals surface area contributed by atoms with Gasteiger partial charge in [0.05, 0.1) is 6.57 Å². The molecule has 0 saturated heterocycles. The Balaban J connectivity index is 2.06. The zero-order chi connectivity index (χ0) is 14.7. The van der Waals surface area contributed by atoms with Crippen LogP contribution in [0.1, 0.15) is 23.5 Å². The van der Waals surface area contributed by atoms with Gasteiger partial charge >= 0.3 is 0 Å². The predicted molar refractivity (Wildman–Crippen MR) is 84.5 cm³/mol. The van der Waals surface area contributed by atoms with Gasteiger partial charge in [-0.05, 0) is 23.6 Å². The van der Waals surface area contributed by atoms with Crippen LogP contribution in [0.4, 0.5) is 5.69 Å². The first-order valence-corrected chi connectivity index (χ1v) is 6.98. The topological polar surface area (TPSA) is 40.4 Å². The van der Waals surface area contributed by atoms with Crippen LogP contribution in [-0.2, 0) is 0 Å². The minimum atomic E-state index is 0.148. The number of H-pyrrole nitrogens is 1. The summed E-state index contributed by atoms with van der Waals surface area (Å²) in [6.45, 7) is 7.30. The van der Waals surface area contributed by atoms with E-state index in [0.29, 0.717) is 12.1 Å². The van der Waals surface area contributed by atoms with Crippen LogP contribution in [0.2, 0.25) is 0 Å². The molecule has 2 N–H and O–H groups in total. The molecule has 0 amide bonds. The smallest absolute Gasteiger partial charge is 0.211 e. The minimum Gasteiger partial charge on any atom is -0.396 e. The number of rotatable bonds is 4. The molecular weight excluding hydrogens is 260 g/mol. The molecule has 1 aromatic heterocycles. The van der Waals surface area contributed by atoms with E-state index in [0.717, 1.165) is 16.5 Å². The Labute approximate surface area is 123 Å². The highest BCUT2D eigenvalue weighted by Gasteiger charge is 2.15. The summed E-state index contributed by atoms with van der Waals surface area (Å²) in [6.07, 6.45) is 2.43. The normalized spacial score (nSPS) is 12.2. The summed E-state index contributed by atoms with van der Waals surface area (Å²) < 4.78 is 0. The van der Waals surface area contributed by atoms with Crippen molar-refractivity contribution in [3.05, 3.63) is 77.3 Å². The lowest BCUT2D eigenvalue weighted by molar-refractivity contribution is 0.281. The summed E-state index contributed by atoms with van der Waals surface area (Å²) in [4.78, 5) is 6.66. The molecule has 2 aromatic carbocycles. The lowest BCUT2D eigenvalue weighted by atomic mass is 9.88. The van der Waals surface area contributed by atoms with Crippen molar-refractivity contribution in [1.82, 2.24) is 4.98 Å². The molecule has 3 rings (SSSR count). The monoisotopic (exact) mass is 276 g/mol. The number of nitrogens with one attached hydrogen (secondary N) is 1. The lowest BCUT2D eigenvalue weighted by Gasteiger charge is -2.17. The second-order valence-electron chi connectivity index (χ2n) is 5.07. The Kier molecular flexibility index (Phi) is 3.72.